The number of anilines is 1. The predicted octanol–water partition coefficient (Wildman–Crippen LogP) is 3.46. The van der Waals surface area contributed by atoms with Gasteiger partial charge in [-0.25, -0.2) is 0 Å². The van der Waals surface area contributed by atoms with Crippen LogP contribution in [0.15, 0.2) is 40.9 Å². The van der Waals surface area contributed by atoms with Crippen LogP contribution in [-0.2, 0) is 17.8 Å². The Hall–Kier alpha value is -2.05. The van der Waals surface area contributed by atoms with Gasteiger partial charge in [-0.2, -0.15) is 0 Å². The lowest BCUT2D eigenvalue weighted by atomic mass is 9.99. The summed E-state index contributed by atoms with van der Waals surface area (Å²) in [7, 11) is 3.28. The first kappa shape index (κ1) is 17.8. The van der Waals surface area contributed by atoms with Crippen molar-refractivity contribution in [3.63, 3.8) is 0 Å². The molecule has 0 radical (unpaired) electrons. The van der Waals surface area contributed by atoms with Gasteiger partial charge in [0.2, 0.25) is 5.91 Å². The van der Waals surface area contributed by atoms with Crippen LogP contribution in [-0.4, -0.2) is 38.1 Å². The van der Waals surface area contributed by atoms with Gasteiger partial charge in [0.05, 0.1) is 20.8 Å². The molecule has 1 N–H and O–H groups in total. The summed E-state index contributed by atoms with van der Waals surface area (Å²) in [6.07, 6.45) is 0.890. The predicted molar refractivity (Wildman–Crippen MR) is 101 cm³/mol. The van der Waals surface area contributed by atoms with Crippen LogP contribution in [0.3, 0.4) is 0 Å². The van der Waals surface area contributed by atoms with Crippen molar-refractivity contribution in [3.05, 3.63) is 52.0 Å². The van der Waals surface area contributed by atoms with Crippen molar-refractivity contribution in [1.82, 2.24) is 4.90 Å². The summed E-state index contributed by atoms with van der Waals surface area (Å²) in [5, 5.41) is 2.94. The van der Waals surface area contributed by atoms with Crippen molar-refractivity contribution in [2.75, 3.05) is 32.6 Å². The molecule has 5 nitrogen and oxygen atoms in total. The molecule has 0 aliphatic carbocycles. The fraction of sp³-hybridized carbons (Fsp3) is 0.316. The van der Waals surface area contributed by atoms with E-state index in [-0.39, 0.29) is 5.91 Å². The van der Waals surface area contributed by atoms with E-state index in [2.05, 4.69) is 26.1 Å². The number of methoxy groups -OCH3 is 2. The average molecular weight is 405 g/mol. The number of ether oxygens (including phenoxy) is 2. The summed E-state index contributed by atoms with van der Waals surface area (Å²) in [4.78, 5) is 14.4. The smallest absolute Gasteiger partial charge is 0.238 e. The molecule has 0 bridgehead atoms. The largest absolute Gasteiger partial charge is 0.493 e. The van der Waals surface area contributed by atoms with Crippen LogP contribution in [0.25, 0.3) is 0 Å². The molecule has 0 aromatic heterocycles. The van der Waals surface area contributed by atoms with Gasteiger partial charge in [-0.15, -0.1) is 0 Å². The van der Waals surface area contributed by atoms with E-state index in [4.69, 9.17) is 9.47 Å². The molecule has 0 saturated carbocycles. The molecule has 1 aliphatic heterocycles. The first-order valence-corrected chi connectivity index (χ1v) is 8.90. The number of hydrogen-bond donors (Lipinski definition) is 1. The van der Waals surface area contributed by atoms with E-state index < -0.39 is 0 Å². The normalized spacial score (nSPS) is 13.9. The van der Waals surface area contributed by atoms with E-state index >= 15 is 0 Å². The van der Waals surface area contributed by atoms with Crippen LogP contribution < -0.4 is 14.8 Å². The number of benzene rings is 2. The van der Waals surface area contributed by atoms with E-state index in [9.17, 15) is 4.79 Å². The van der Waals surface area contributed by atoms with E-state index in [0.29, 0.717) is 6.54 Å². The van der Waals surface area contributed by atoms with Gasteiger partial charge >= 0.3 is 0 Å². The summed E-state index contributed by atoms with van der Waals surface area (Å²) < 4.78 is 11.7. The van der Waals surface area contributed by atoms with Crippen molar-refractivity contribution in [2.45, 2.75) is 13.0 Å². The summed E-state index contributed by atoms with van der Waals surface area (Å²) in [6, 6.07) is 11.6. The zero-order valence-electron chi connectivity index (χ0n) is 14.3. The molecule has 132 valence electrons. The van der Waals surface area contributed by atoms with Gasteiger partial charge in [-0.3, -0.25) is 9.69 Å². The molecule has 1 aliphatic rings. The van der Waals surface area contributed by atoms with Crippen LogP contribution in [0.1, 0.15) is 11.1 Å². The van der Waals surface area contributed by atoms with Gasteiger partial charge < -0.3 is 14.8 Å². The molecule has 25 heavy (non-hydrogen) atoms. The Bertz CT molecular complexity index is 762. The highest BCUT2D eigenvalue weighted by atomic mass is 79.9. The van der Waals surface area contributed by atoms with Gasteiger partial charge in [0, 0.05) is 23.2 Å². The van der Waals surface area contributed by atoms with Crippen LogP contribution in [0.4, 0.5) is 5.69 Å². The number of nitrogens with zero attached hydrogens (tertiary/aromatic N) is 1. The molecule has 3 rings (SSSR count). The second-order valence-electron chi connectivity index (χ2n) is 5.99. The molecule has 2 aromatic rings. The maximum Gasteiger partial charge on any atom is 0.238 e. The number of amides is 1. The molecule has 1 amide bonds. The van der Waals surface area contributed by atoms with Gasteiger partial charge in [0.25, 0.3) is 0 Å². The molecule has 0 fully saturated rings. The maximum absolute atomic E-state index is 12.3. The van der Waals surface area contributed by atoms with E-state index in [1.807, 2.05) is 36.4 Å². The minimum atomic E-state index is -0.00810. The van der Waals surface area contributed by atoms with E-state index in [1.54, 1.807) is 14.2 Å². The molecule has 2 aromatic carbocycles. The second kappa shape index (κ2) is 7.89. The van der Waals surface area contributed by atoms with Gasteiger partial charge in [-0.1, -0.05) is 15.9 Å². The average Bonchev–Trinajstić information content (AvgIpc) is 2.62. The SMILES string of the molecule is COc1cc2c(cc1OC)CN(CC(=O)Nc1ccc(Br)cc1)CC2. The number of carbonyl (C=O) groups excluding carboxylic acids is 1. The molecule has 0 spiro atoms. The second-order valence-corrected chi connectivity index (χ2v) is 6.91. The fourth-order valence-electron chi connectivity index (χ4n) is 3.01. The van der Waals surface area contributed by atoms with Crippen LogP contribution in [0, 0.1) is 0 Å². The summed E-state index contributed by atoms with van der Waals surface area (Å²) in [5.74, 6) is 1.47. The van der Waals surface area contributed by atoms with Crippen molar-refractivity contribution < 1.29 is 14.3 Å². The lowest BCUT2D eigenvalue weighted by Gasteiger charge is -2.29. The van der Waals surface area contributed by atoms with Crippen molar-refractivity contribution in [2.24, 2.45) is 0 Å². The Kier molecular flexibility index (Phi) is 5.60. The molecule has 0 atom stereocenters. The number of carbonyl (C=O) groups is 1. The Morgan fingerprint density at radius 3 is 2.40 bits per heavy atom. The molecule has 0 saturated heterocycles. The Morgan fingerprint density at radius 1 is 1.12 bits per heavy atom. The van der Waals surface area contributed by atoms with Gasteiger partial charge in [0.15, 0.2) is 11.5 Å². The zero-order valence-corrected chi connectivity index (χ0v) is 15.9. The number of halogens is 1. The minimum absolute atomic E-state index is 0.00810. The summed E-state index contributed by atoms with van der Waals surface area (Å²) >= 11 is 3.39. The Morgan fingerprint density at radius 2 is 1.76 bits per heavy atom. The number of hydrogen-bond acceptors (Lipinski definition) is 4. The fourth-order valence-corrected chi connectivity index (χ4v) is 3.28. The summed E-state index contributed by atoms with van der Waals surface area (Å²) in [5.41, 5.74) is 3.24. The van der Waals surface area contributed by atoms with Crippen molar-refractivity contribution >= 4 is 27.5 Å². The Labute approximate surface area is 156 Å². The van der Waals surface area contributed by atoms with E-state index in [1.165, 1.54) is 11.1 Å². The monoisotopic (exact) mass is 404 g/mol. The number of rotatable bonds is 5. The third-order valence-corrected chi connectivity index (χ3v) is 4.82. The Balaban J connectivity index is 1.64. The molecule has 6 heteroatoms. The first-order chi connectivity index (χ1) is 12.1. The summed E-state index contributed by atoms with van der Waals surface area (Å²) in [6.45, 7) is 1.93. The number of fused-ring (bicyclic) bond motifs is 1. The lowest BCUT2D eigenvalue weighted by molar-refractivity contribution is -0.117. The third kappa shape index (κ3) is 4.32. The van der Waals surface area contributed by atoms with Crippen LogP contribution >= 0.6 is 15.9 Å². The highest BCUT2D eigenvalue weighted by Gasteiger charge is 2.21. The van der Waals surface area contributed by atoms with Crippen molar-refractivity contribution in [1.29, 1.82) is 0 Å². The van der Waals surface area contributed by atoms with Crippen molar-refractivity contribution in [3.8, 4) is 11.5 Å². The minimum Gasteiger partial charge on any atom is -0.493 e. The highest BCUT2D eigenvalue weighted by molar-refractivity contribution is 9.10. The number of nitrogens with one attached hydrogen (secondary N) is 1. The molecule has 1 heterocycles. The first-order valence-electron chi connectivity index (χ1n) is 8.10. The van der Waals surface area contributed by atoms with Crippen LogP contribution in [0.5, 0.6) is 11.5 Å². The maximum atomic E-state index is 12.3. The molecular weight excluding hydrogens is 384 g/mol. The highest BCUT2D eigenvalue weighted by Crippen LogP contribution is 2.33. The van der Waals surface area contributed by atoms with Crippen LogP contribution in [0.2, 0.25) is 0 Å². The van der Waals surface area contributed by atoms with E-state index in [0.717, 1.165) is 41.2 Å². The molecular formula is C19H21BrN2O3. The lowest BCUT2D eigenvalue weighted by Crippen LogP contribution is -2.37. The topological polar surface area (TPSA) is 50.8 Å². The molecule has 0 unspecified atom stereocenters. The van der Waals surface area contributed by atoms with Gasteiger partial charge in [0.1, 0.15) is 0 Å². The van der Waals surface area contributed by atoms with Gasteiger partial charge in [-0.05, 0) is 53.9 Å². The standard InChI is InChI=1S/C19H21BrN2O3/c1-24-17-9-13-7-8-22(11-14(13)10-18(17)25-2)12-19(23)21-16-5-3-15(20)4-6-16/h3-6,9-10H,7-8,11-12H2,1-2H3,(H,21,23). The quantitative estimate of drug-likeness (QED) is 0.828. The third-order valence-electron chi connectivity index (χ3n) is 4.29. The zero-order chi connectivity index (χ0) is 17.8.